The zero-order chi connectivity index (χ0) is 15.2. The predicted octanol–water partition coefficient (Wildman–Crippen LogP) is 2.92. The first-order valence-electron chi connectivity index (χ1n) is 6.86. The topological polar surface area (TPSA) is 47.7 Å². The maximum Gasteiger partial charge on any atom is 0.125 e. The average Bonchev–Trinajstić information content (AvgIpc) is 2.49. The lowest BCUT2D eigenvalue weighted by atomic mass is 10.1. The highest BCUT2D eigenvalue weighted by Crippen LogP contribution is 2.23. The van der Waals surface area contributed by atoms with Crippen LogP contribution in [0, 0.1) is 0 Å². The van der Waals surface area contributed by atoms with Crippen LogP contribution in [0.1, 0.15) is 11.1 Å². The minimum Gasteiger partial charge on any atom is -0.497 e. The van der Waals surface area contributed by atoms with E-state index in [0.717, 1.165) is 30.2 Å². The van der Waals surface area contributed by atoms with Gasteiger partial charge in [0.15, 0.2) is 0 Å². The molecule has 0 aliphatic carbocycles. The molecule has 2 rings (SSSR count). The van der Waals surface area contributed by atoms with Crippen molar-refractivity contribution < 1.29 is 9.47 Å². The summed E-state index contributed by atoms with van der Waals surface area (Å²) in [5.41, 5.74) is 8.87. The van der Waals surface area contributed by atoms with Crippen molar-refractivity contribution in [1.82, 2.24) is 4.90 Å². The Hall–Kier alpha value is -2.20. The third-order valence-electron chi connectivity index (χ3n) is 3.36. The molecule has 4 nitrogen and oxygen atoms in total. The molecule has 112 valence electrons. The number of anilines is 1. The fourth-order valence-corrected chi connectivity index (χ4v) is 2.28. The number of methoxy groups -OCH3 is 2. The Balaban J connectivity index is 2.02. The Morgan fingerprint density at radius 1 is 0.952 bits per heavy atom. The van der Waals surface area contributed by atoms with Crippen LogP contribution in [0.25, 0.3) is 0 Å². The van der Waals surface area contributed by atoms with Gasteiger partial charge in [0.2, 0.25) is 0 Å². The van der Waals surface area contributed by atoms with E-state index in [0.29, 0.717) is 5.69 Å². The Morgan fingerprint density at radius 2 is 1.67 bits per heavy atom. The predicted molar refractivity (Wildman–Crippen MR) is 85.6 cm³/mol. The standard InChI is InChI=1S/C17H22N2O2/c1-19(11-13-4-8-16(20-2)9-5-13)12-14-6-7-15(18)10-17(14)21-3/h4-10H,11-12,18H2,1-3H3. The van der Waals surface area contributed by atoms with E-state index in [1.54, 1.807) is 14.2 Å². The number of nitrogens with two attached hydrogens (primary N) is 1. The molecule has 0 bridgehead atoms. The monoisotopic (exact) mass is 286 g/mol. The highest BCUT2D eigenvalue weighted by Gasteiger charge is 2.07. The molecule has 0 spiro atoms. The van der Waals surface area contributed by atoms with Crippen LogP contribution in [-0.4, -0.2) is 26.2 Å². The zero-order valence-corrected chi connectivity index (χ0v) is 12.8. The minimum absolute atomic E-state index is 0.716. The first-order valence-corrected chi connectivity index (χ1v) is 6.86. The molecule has 0 aromatic heterocycles. The third-order valence-corrected chi connectivity index (χ3v) is 3.36. The molecule has 0 heterocycles. The molecule has 0 saturated heterocycles. The summed E-state index contributed by atoms with van der Waals surface area (Å²) in [7, 11) is 5.43. The van der Waals surface area contributed by atoms with Crippen molar-refractivity contribution >= 4 is 5.69 Å². The molecule has 0 fully saturated rings. The van der Waals surface area contributed by atoms with E-state index in [1.807, 2.05) is 30.3 Å². The second-order valence-corrected chi connectivity index (χ2v) is 5.09. The van der Waals surface area contributed by atoms with E-state index in [2.05, 4.69) is 24.1 Å². The van der Waals surface area contributed by atoms with Gasteiger partial charge >= 0.3 is 0 Å². The summed E-state index contributed by atoms with van der Waals surface area (Å²) in [4.78, 5) is 2.23. The van der Waals surface area contributed by atoms with Gasteiger partial charge in [-0.3, -0.25) is 4.90 Å². The maximum absolute atomic E-state index is 5.78. The highest BCUT2D eigenvalue weighted by molar-refractivity contribution is 5.48. The van der Waals surface area contributed by atoms with E-state index in [-0.39, 0.29) is 0 Å². The maximum atomic E-state index is 5.78. The number of benzene rings is 2. The van der Waals surface area contributed by atoms with Crippen LogP contribution >= 0.6 is 0 Å². The van der Waals surface area contributed by atoms with Crippen molar-refractivity contribution in [1.29, 1.82) is 0 Å². The molecular formula is C17H22N2O2. The number of nitrogen functional groups attached to an aromatic ring is 1. The van der Waals surface area contributed by atoms with Gasteiger partial charge in [-0.2, -0.15) is 0 Å². The molecule has 0 atom stereocenters. The lowest BCUT2D eigenvalue weighted by Crippen LogP contribution is -2.17. The Labute approximate surface area is 126 Å². The summed E-state index contributed by atoms with van der Waals surface area (Å²) in [5.74, 6) is 1.71. The lowest BCUT2D eigenvalue weighted by molar-refractivity contribution is 0.310. The van der Waals surface area contributed by atoms with Gasteiger partial charge in [-0.05, 0) is 30.8 Å². The van der Waals surface area contributed by atoms with Gasteiger partial charge in [-0.15, -0.1) is 0 Å². The molecule has 0 aliphatic heterocycles. The quantitative estimate of drug-likeness (QED) is 0.829. The van der Waals surface area contributed by atoms with Crippen LogP contribution in [0.3, 0.4) is 0 Å². The lowest BCUT2D eigenvalue weighted by Gasteiger charge is -2.19. The zero-order valence-electron chi connectivity index (χ0n) is 12.8. The van der Waals surface area contributed by atoms with Crippen molar-refractivity contribution in [2.45, 2.75) is 13.1 Å². The molecule has 4 heteroatoms. The summed E-state index contributed by atoms with van der Waals surface area (Å²) >= 11 is 0. The van der Waals surface area contributed by atoms with Gasteiger partial charge in [0.25, 0.3) is 0 Å². The fraction of sp³-hybridized carbons (Fsp3) is 0.294. The molecule has 0 radical (unpaired) electrons. The van der Waals surface area contributed by atoms with Gasteiger partial charge in [0.05, 0.1) is 14.2 Å². The van der Waals surface area contributed by atoms with Gasteiger partial charge in [0, 0.05) is 30.4 Å². The van der Waals surface area contributed by atoms with Gasteiger partial charge in [-0.1, -0.05) is 18.2 Å². The fourth-order valence-electron chi connectivity index (χ4n) is 2.28. The number of rotatable bonds is 6. The molecular weight excluding hydrogens is 264 g/mol. The Morgan fingerprint density at radius 3 is 2.29 bits per heavy atom. The van der Waals surface area contributed by atoms with Crippen LogP contribution in [0.15, 0.2) is 42.5 Å². The second kappa shape index (κ2) is 6.99. The van der Waals surface area contributed by atoms with Gasteiger partial charge < -0.3 is 15.2 Å². The van der Waals surface area contributed by atoms with E-state index >= 15 is 0 Å². The molecule has 2 N–H and O–H groups in total. The first-order chi connectivity index (χ1) is 10.1. The summed E-state index contributed by atoms with van der Waals surface area (Å²) in [5, 5.41) is 0. The largest absolute Gasteiger partial charge is 0.497 e. The number of nitrogens with zero attached hydrogens (tertiary/aromatic N) is 1. The number of ether oxygens (including phenoxy) is 2. The van der Waals surface area contributed by atoms with Crippen LogP contribution in [0.4, 0.5) is 5.69 Å². The van der Waals surface area contributed by atoms with Crippen LogP contribution in [0.2, 0.25) is 0 Å². The summed E-state index contributed by atoms with van der Waals surface area (Å²) in [6.45, 7) is 1.66. The normalized spacial score (nSPS) is 10.7. The average molecular weight is 286 g/mol. The van der Waals surface area contributed by atoms with E-state index in [4.69, 9.17) is 15.2 Å². The minimum atomic E-state index is 0.716. The molecule has 0 amide bonds. The van der Waals surface area contributed by atoms with E-state index in [9.17, 15) is 0 Å². The van der Waals surface area contributed by atoms with Crippen LogP contribution < -0.4 is 15.2 Å². The van der Waals surface area contributed by atoms with Gasteiger partial charge in [0.1, 0.15) is 11.5 Å². The van der Waals surface area contributed by atoms with Gasteiger partial charge in [-0.25, -0.2) is 0 Å². The number of hydrogen-bond acceptors (Lipinski definition) is 4. The number of hydrogen-bond donors (Lipinski definition) is 1. The van der Waals surface area contributed by atoms with Crippen LogP contribution in [-0.2, 0) is 13.1 Å². The van der Waals surface area contributed by atoms with Crippen molar-refractivity contribution in [2.75, 3.05) is 27.0 Å². The van der Waals surface area contributed by atoms with Crippen molar-refractivity contribution in [3.8, 4) is 11.5 Å². The molecule has 0 aliphatic rings. The smallest absolute Gasteiger partial charge is 0.125 e. The molecule has 2 aromatic carbocycles. The SMILES string of the molecule is COc1ccc(CN(C)Cc2ccc(N)cc2OC)cc1. The molecule has 21 heavy (non-hydrogen) atoms. The Bertz CT molecular complexity index is 582. The Kier molecular flexibility index (Phi) is 5.06. The first kappa shape index (κ1) is 15.2. The third kappa shape index (κ3) is 4.13. The van der Waals surface area contributed by atoms with Crippen molar-refractivity contribution in [3.05, 3.63) is 53.6 Å². The highest BCUT2D eigenvalue weighted by atomic mass is 16.5. The molecule has 0 unspecified atom stereocenters. The van der Waals surface area contributed by atoms with Crippen molar-refractivity contribution in [2.24, 2.45) is 0 Å². The second-order valence-electron chi connectivity index (χ2n) is 5.09. The molecule has 2 aromatic rings. The van der Waals surface area contributed by atoms with E-state index in [1.165, 1.54) is 5.56 Å². The molecule has 0 saturated carbocycles. The van der Waals surface area contributed by atoms with Crippen molar-refractivity contribution in [3.63, 3.8) is 0 Å². The summed E-state index contributed by atoms with van der Waals surface area (Å²) in [6.07, 6.45) is 0. The summed E-state index contributed by atoms with van der Waals surface area (Å²) < 4.78 is 10.6. The summed E-state index contributed by atoms with van der Waals surface area (Å²) in [6, 6.07) is 13.9. The van der Waals surface area contributed by atoms with E-state index < -0.39 is 0 Å². The van der Waals surface area contributed by atoms with Crippen LogP contribution in [0.5, 0.6) is 11.5 Å².